The minimum Gasteiger partial charge on any atom is -0.456 e. The average molecular weight is 340 g/mol. The molecule has 128 valence electrons. The van der Waals surface area contributed by atoms with E-state index in [-0.39, 0.29) is 0 Å². The second kappa shape index (κ2) is 5.46. The lowest BCUT2D eigenvalue weighted by Gasteiger charge is -2.06. The van der Waals surface area contributed by atoms with Gasteiger partial charge in [-0.05, 0) is 55.7 Å². The zero-order chi connectivity index (χ0) is 17.8. The van der Waals surface area contributed by atoms with Crippen molar-refractivity contribution in [2.75, 3.05) is 0 Å². The third-order valence-electron chi connectivity index (χ3n) is 5.15. The Morgan fingerprint density at radius 3 is 2.62 bits per heavy atom. The molecular formula is C23H20N2O. The molecule has 0 N–H and O–H groups in total. The molecule has 3 aromatic carbocycles. The van der Waals surface area contributed by atoms with Gasteiger partial charge in [0.25, 0.3) is 0 Å². The third-order valence-corrected chi connectivity index (χ3v) is 5.15. The van der Waals surface area contributed by atoms with Crippen molar-refractivity contribution in [2.24, 2.45) is 0 Å². The summed E-state index contributed by atoms with van der Waals surface area (Å²) in [5, 5.41) is 8.35. The first-order chi connectivity index (χ1) is 12.6. The van der Waals surface area contributed by atoms with Gasteiger partial charge in [0.1, 0.15) is 11.2 Å². The Bertz CT molecular complexity index is 1290. The van der Waals surface area contributed by atoms with E-state index in [9.17, 15) is 0 Å². The highest BCUT2D eigenvalue weighted by Gasteiger charge is 2.12. The van der Waals surface area contributed by atoms with Gasteiger partial charge in [0.05, 0.1) is 17.8 Å². The van der Waals surface area contributed by atoms with Gasteiger partial charge >= 0.3 is 0 Å². The van der Waals surface area contributed by atoms with Crippen LogP contribution < -0.4 is 0 Å². The van der Waals surface area contributed by atoms with Gasteiger partial charge in [-0.15, -0.1) is 0 Å². The molecule has 0 aliphatic rings. The fourth-order valence-corrected chi connectivity index (χ4v) is 3.91. The van der Waals surface area contributed by atoms with Crippen molar-refractivity contribution >= 4 is 32.8 Å². The molecule has 0 fully saturated rings. The third kappa shape index (κ3) is 2.24. The predicted octanol–water partition coefficient (Wildman–Crippen LogP) is 5.91. The van der Waals surface area contributed by atoms with Gasteiger partial charge < -0.3 is 4.42 Å². The van der Waals surface area contributed by atoms with Crippen molar-refractivity contribution in [1.29, 1.82) is 0 Å². The lowest BCUT2D eigenvalue weighted by Crippen LogP contribution is -2.02. The number of hydrogen-bond acceptors (Lipinski definition) is 2. The molecule has 0 amide bonds. The van der Waals surface area contributed by atoms with Crippen molar-refractivity contribution in [1.82, 2.24) is 9.78 Å². The average Bonchev–Trinajstić information content (AvgIpc) is 3.14. The van der Waals surface area contributed by atoms with Crippen molar-refractivity contribution in [3.05, 3.63) is 77.0 Å². The van der Waals surface area contributed by atoms with E-state index in [2.05, 4.69) is 67.9 Å². The first-order valence-corrected chi connectivity index (χ1v) is 8.95. The number of furan rings is 1. The van der Waals surface area contributed by atoms with E-state index in [1.54, 1.807) is 0 Å². The first-order valence-electron chi connectivity index (χ1n) is 8.95. The minimum atomic E-state index is 0.754. The summed E-state index contributed by atoms with van der Waals surface area (Å²) in [7, 11) is 0. The van der Waals surface area contributed by atoms with Crippen LogP contribution in [0.5, 0.6) is 0 Å². The Morgan fingerprint density at radius 2 is 1.73 bits per heavy atom. The molecule has 0 aliphatic carbocycles. The van der Waals surface area contributed by atoms with Gasteiger partial charge in [-0.25, -0.2) is 0 Å². The van der Waals surface area contributed by atoms with Crippen LogP contribution >= 0.6 is 0 Å². The fourth-order valence-electron chi connectivity index (χ4n) is 3.91. The van der Waals surface area contributed by atoms with Crippen molar-refractivity contribution in [3.63, 3.8) is 0 Å². The maximum atomic E-state index is 6.06. The fraction of sp³-hybridized carbons (Fsp3) is 0.174. The van der Waals surface area contributed by atoms with Crippen LogP contribution in [0.15, 0.2) is 59.0 Å². The van der Waals surface area contributed by atoms with Crippen LogP contribution in [0.4, 0.5) is 0 Å². The molecule has 5 rings (SSSR count). The quantitative estimate of drug-likeness (QED) is 0.400. The zero-order valence-corrected chi connectivity index (χ0v) is 15.2. The van der Waals surface area contributed by atoms with Crippen LogP contribution in [-0.2, 0) is 6.54 Å². The number of aryl methyl sites for hydroxylation is 3. The second-order valence-electron chi connectivity index (χ2n) is 7.15. The molecule has 0 aliphatic heterocycles. The van der Waals surface area contributed by atoms with Crippen LogP contribution in [0.2, 0.25) is 0 Å². The lowest BCUT2D eigenvalue weighted by atomic mass is 10.1. The molecule has 5 aromatic rings. The molecule has 0 spiro atoms. The van der Waals surface area contributed by atoms with Gasteiger partial charge in [-0.1, -0.05) is 36.4 Å². The highest BCUT2D eigenvalue weighted by Crippen LogP contribution is 2.32. The predicted molar refractivity (Wildman–Crippen MR) is 107 cm³/mol. The number of benzene rings is 3. The molecule has 3 nitrogen and oxygen atoms in total. The second-order valence-corrected chi connectivity index (χ2v) is 7.15. The maximum Gasteiger partial charge on any atom is 0.138 e. The number of aromatic nitrogens is 2. The van der Waals surface area contributed by atoms with Crippen LogP contribution in [0.1, 0.15) is 22.4 Å². The highest BCUT2D eigenvalue weighted by molar-refractivity contribution is 6.06. The Hall–Kier alpha value is -3.07. The highest BCUT2D eigenvalue weighted by atomic mass is 16.3. The summed E-state index contributed by atoms with van der Waals surface area (Å²) in [4.78, 5) is 0. The van der Waals surface area contributed by atoms with Crippen molar-refractivity contribution in [3.8, 4) is 0 Å². The monoisotopic (exact) mass is 340 g/mol. The first kappa shape index (κ1) is 15.2. The largest absolute Gasteiger partial charge is 0.456 e. The Labute approximate surface area is 151 Å². The summed E-state index contributed by atoms with van der Waals surface area (Å²) >= 11 is 0. The van der Waals surface area contributed by atoms with E-state index in [4.69, 9.17) is 9.52 Å². The molecule has 0 saturated heterocycles. The Balaban J connectivity index is 1.68. The number of rotatable bonds is 2. The van der Waals surface area contributed by atoms with Gasteiger partial charge in [-0.3, -0.25) is 4.68 Å². The SMILES string of the molecule is Cc1ccc2c(C)nn(Cc3cc(C)c4oc5ccccc5c4c3)c2c1. The molecule has 0 atom stereocenters. The molecule has 0 bridgehead atoms. The van der Waals surface area contributed by atoms with Crippen molar-refractivity contribution in [2.45, 2.75) is 27.3 Å². The van der Waals surface area contributed by atoms with Gasteiger partial charge in [0, 0.05) is 16.2 Å². The lowest BCUT2D eigenvalue weighted by molar-refractivity contribution is 0.664. The van der Waals surface area contributed by atoms with Gasteiger partial charge in [0.2, 0.25) is 0 Å². The number of hydrogen-bond donors (Lipinski definition) is 0. The van der Waals surface area contributed by atoms with Crippen LogP contribution in [0.25, 0.3) is 32.8 Å². The van der Waals surface area contributed by atoms with E-state index in [1.807, 2.05) is 12.1 Å². The maximum absolute atomic E-state index is 6.06. The summed E-state index contributed by atoms with van der Waals surface area (Å²) in [6, 6.07) is 19.2. The molecule has 2 aromatic heterocycles. The molecule has 2 heterocycles. The van der Waals surface area contributed by atoms with E-state index < -0.39 is 0 Å². The Kier molecular flexibility index (Phi) is 3.20. The zero-order valence-electron chi connectivity index (χ0n) is 15.2. The normalized spacial score (nSPS) is 11.8. The molecule has 26 heavy (non-hydrogen) atoms. The number of para-hydroxylation sites is 1. The molecule has 0 radical (unpaired) electrons. The molecular weight excluding hydrogens is 320 g/mol. The summed E-state index contributed by atoms with van der Waals surface area (Å²) in [6.07, 6.45) is 0. The van der Waals surface area contributed by atoms with E-state index in [0.717, 1.165) is 29.0 Å². The van der Waals surface area contributed by atoms with E-state index >= 15 is 0 Å². The standard InChI is InChI=1S/C23H20N2O/c1-14-8-9-18-16(3)24-25(21(18)10-14)13-17-11-15(2)23-20(12-17)19-6-4-5-7-22(19)26-23/h4-12H,13H2,1-3H3. The number of fused-ring (bicyclic) bond motifs is 4. The van der Waals surface area contributed by atoms with Crippen LogP contribution in [-0.4, -0.2) is 9.78 Å². The van der Waals surface area contributed by atoms with Crippen molar-refractivity contribution < 1.29 is 4.42 Å². The molecule has 3 heteroatoms. The topological polar surface area (TPSA) is 31.0 Å². The Morgan fingerprint density at radius 1 is 0.885 bits per heavy atom. The summed E-state index contributed by atoms with van der Waals surface area (Å²) in [5.41, 5.74) is 7.85. The van der Waals surface area contributed by atoms with E-state index in [0.29, 0.717) is 0 Å². The smallest absolute Gasteiger partial charge is 0.138 e. The van der Waals surface area contributed by atoms with E-state index in [1.165, 1.54) is 32.8 Å². The van der Waals surface area contributed by atoms with Crippen LogP contribution in [0, 0.1) is 20.8 Å². The molecule has 0 unspecified atom stereocenters. The summed E-state index contributed by atoms with van der Waals surface area (Å²) in [6.45, 7) is 7.07. The minimum absolute atomic E-state index is 0.754. The van der Waals surface area contributed by atoms with Gasteiger partial charge in [0.15, 0.2) is 0 Å². The summed E-state index contributed by atoms with van der Waals surface area (Å²) in [5.74, 6) is 0. The van der Waals surface area contributed by atoms with Gasteiger partial charge in [-0.2, -0.15) is 5.10 Å². The molecule has 0 saturated carbocycles. The van der Waals surface area contributed by atoms with Crippen LogP contribution in [0.3, 0.4) is 0 Å². The number of nitrogens with zero attached hydrogens (tertiary/aromatic N) is 2. The summed E-state index contributed by atoms with van der Waals surface area (Å²) < 4.78 is 8.17.